The van der Waals surface area contributed by atoms with Gasteiger partial charge in [-0.05, 0) is 43.3 Å². The topological polar surface area (TPSA) is 97.9 Å². The first-order valence-corrected chi connectivity index (χ1v) is 7.97. The summed E-state index contributed by atoms with van der Waals surface area (Å²) in [6.45, 7) is 1.94. The van der Waals surface area contributed by atoms with Crippen molar-refractivity contribution in [1.82, 2.24) is 0 Å². The molecular formula is C18H19N3O5. The number of ether oxygens (including phenoxy) is 3. The molecule has 3 N–H and O–H groups in total. The minimum atomic E-state index is -0.540. The van der Waals surface area contributed by atoms with Crippen molar-refractivity contribution in [3.8, 4) is 11.5 Å². The van der Waals surface area contributed by atoms with Gasteiger partial charge in [0.1, 0.15) is 6.04 Å². The van der Waals surface area contributed by atoms with Gasteiger partial charge in [0.15, 0.2) is 11.5 Å². The second-order valence-corrected chi connectivity index (χ2v) is 5.62. The van der Waals surface area contributed by atoms with Gasteiger partial charge in [0.25, 0.3) is 0 Å². The van der Waals surface area contributed by atoms with Crippen LogP contribution in [0.25, 0.3) is 0 Å². The van der Waals surface area contributed by atoms with Crippen molar-refractivity contribution >= 4 is 29.1 Å². The summed E-state index contributed by atoms with van der Waals surface area (Å²) < 4.78 is 15.1. The summed E-state index contributed by atoms with van der Waals surface area (Å²) >= 11 is 0. The number of rotatable bonds is 5. The average Bonchev–Trinajstić information content (AvgIpc) is 3.11. The molecule has 8 nitrogen and oxygen atoms in total. The number of nitrogens with one attached hydrogen (secondary N) is 3. The summed E-state index contributed by atoms with van der Waals surface area (Å²) in [7, 11) is 1.30. The van der Waals surface area contributed by atoms with E-state index < -0.39 is 12.1 Å². The van der Waals surface area contributed by atoms with Crippen LogP contribution in [0.2, 0.25) is 0 Å². The highest BCUT2D eigenvalue weighted by molar-refractivity contribution is 5.96. The Bertz CT molecular complexity index is 807. The Morgan fingerprint density at radius 2 is 1.62 bits per heavy atom. The Kier molecular flexibility index (Phi) is 5.12. The zero-order valence-corrected chi connectivity index (χ0v) is 14.4. The van der Waals surface area contributed by atoms with Gasteiger partial charge in [0.05, 0.1) is 7.11 Å². The van der Waals surface area contributed by atoms with Crippen LogP contribution in [-0.2, 0) is 9.53 Å². The van der Waals surface area contributed by atoms with Crippen molar-refractivity contribution in [1.29, 1.82) is 0 Å². The van der Waals surface area contributed by atoms with Gasteiger partial charge < -0.3 is 24.8 Å². The fourth-order valence-electron chi connectivity index (χ4n) is 2.36. The molecule has 3 rings (SSSR count). The molecule has 0 aromatic heterocycles. The molecule has 0 fully saturated rings. The smallest absolute Gasteiger partial charge is 0.411 e. The summed E-state index contributed by atoms with van der Waals surface area (Å²) in [6.07, 6.45) is -0.540. The lowest BCUT2D eigenvalue weighted by atomic mass is 10.2. The van der Waals surface area contributed by atoms with Crippen LogP contribution in [0.3, 0.4) is 0 Å². The fourth-order valence-corrected chi connectivity index (χ4v) is 2.36. The molecule has 2 amide bonds. The Morgan fingerprint density at radius 1 is 0.962 bits per heavy atom. The van der Waals surface area contributed by atoms with Crippen LogP contribution >= 0.6 is 0 Å². The standard InChI is InChI=1S/C18H19N3O5/c1-11(19-12-3-5-13(6-4-12)21-18(23)24-2)17(22)20-14-7-8-15-16(9-14)26-10-25-15/h3-9,11,19H,10H2,1-2H3,(H,20,22)(H,21,23)/t11-/m1/s1. The number of carbonyl (C=O) groups excluding carboxylic acids is 2. The first-order valence-electron chi connectivity index (χ1n) is 7.97. The fraction of sp³-hybridized carbons (Fsp3) is 0.222. The molecule has 0 radical (unpaired) electrons. The van der Waals surface area contributed by atoms with Crippen molar-refractivity contribution in [3.05, 3.63) is 42.5 Å². The lowest BCUT2D eigenvalue weighted by molar-refractivity contribution is -0.116. The molecule has 1 aliphatic rings. The molecule has 0 saturated heterocycles. The summed E-state index contributed by atoms with van der Waals surface area (Å²) in [6, 6.07) is 11.7. The number of hydrogen-bond donors (Lipinski definition) is 3. The Balaban J connectivity index is 1.56. The third kappa shape index (κ3) is 4.15. The van der Waals surface area contributed by atoms with Gasteiger partial charge in [-0.25, -0.2) is 4.79 Å². The predicted molar refractivity (Wildman–Crippen MR) is 96.7 cm³/mol. The molecule has 1 aliphatic heterocycles. The van der Waals surface area contributed by atoms with E-state index in [-0.39, 0.29) is 12.7 Å². The Morgan fingerprint density at radius 3 is 2.35 bits per heavy atom. The normalized spacial score (nSPS) is 12.8. The molecule has 0 bridgehead atoms. The van der Waals surface area contributed by atoms with Gasteiger partial charge in [-0.3, -0.25) is 10.1 Å². The third-order valence-electron chi connectivity index (χ3n) is 3.73. The minimum Gasteiger partial charge on any atom is -0.454 e. The second-order valence-electron chi connectivity index (χ2n) is 5.62. The van der Waals surface area contributed by atoms with Crippen molar-refractivity contribution in [3.63, 3.8) is 0 Å². The van der Waals surface area contributed by atoms with Gasteiger partial charge in [-0.15, -0.1) is 0 Å². The average molecular weight is 357 g/mol. The van der Waals surface area contributed by atoms with Gasteiger partial charge in [0.2, 0.25) is 12.7 Å². The lowest BCUT2D eigenvalue weighted by Gasteiger charge is -2.16. The van der Waals surface area contributed by atoms with Crippen molar-refractivity contribution in [2.75, 3.05) is 29.9 Å². The number of anilines is 3. The van der Waals surface area contributed by atoms with E-state index in [0.717, 1.165) is 5.69 Å². The minimum absolute atomic E-state index is 0.186. The Hall–Kier alpha value is -3.42. The summed E-state index contributed by atoms with van der Waals surface area (Å²) in [5.74, 6) is 1.08. The maximum atomic E-state index is 12.3. The molecule has 1 atom stereocenters. The van der Waals surface area contributed by atoms with E-state index in [9.17, 15) is 9.59 Å². The van der Waals surface area contributed by atoms with Gasteiger partial charge >= 0.3 is 6.09 Å². The van der Waals surface area contributed by atoms with E-state index in [2.05, 4.69) is 20.7 Å². The molecule has 0 aliphatic carbocycles. The zero-order valence-electron chi connectivity index (χ0n) is 14.4. The first kappa shape index (κ1) is 17.4. The highest BCUT2D eigenvalue weighted by Crippen LogP contribution is 2.34. The quantitative estimate of drug-likeness (QED) is 0.761. The van der Waals surface area contributed by atoms with Gasteiger partial charge in [-0.2, -0.15) is 0 Å². The van der Waals surface area contributed by atoms with Crippen molar-refractivity contribution < 1.29 is 23.8 Å². The van der Waals surface area contributed by atoms with E-state index in [1.54, 1.807) is 49.4 Å². The van der Waals surface area contributed by atoms with E-state index in [4.69, 9.17) is 9.47 Å². The van der Waals surface area contributed by atoms with Crippen LogP contribution in [0.15, 0.2) is 42.5 Å². The van der Waals surface area contributed by atoms with E-state index >= 15 is 0 Å². The molecule has 136 valence electrons. The predicted octanol–water partition coefficient (Wildman–Crippen LogP) is 3.03. The highest BCUT2D eigenvalue weighted by atomic mass is 16.7. The van der Waals surface area contributed by atoms with Gasteiger partial charge in [-0.1, -0.05) is 0 Å². The maximum absolute atomic E-state index is 12.3. The van der Waals surface area contributed by atoms with Crippen LogP contribution in [0.5, 0.6) is 11.5 Å². The zero-order chi connectivity index (χ0) is 18.5. The molecule has 2 aromatic rings. The molecule has 26 heavy (non-hydrogen) atoms. The molecule has 8 heteroatoms. The summed E-state index contributed by atoms with van der Waals surface area (Å²) in [5.41, 5.74) is 1.97. The number of methoxy groups -OCH3 is 1. The number of hydrogen-bond acceptors (Lipinski definition) is 6. The second kappa shape index (κ2) is 7.64. The number of amides is 2. The van der Waals surface area contributed by atoms with E-state index in [0.29, 0.717) is 22.9 Å². The monoisotopic (exact) mass is 357 g/mol. The third-order valence-corrected chi connectivity index (χ3v) is 3.73. The molecule has 2 aromatic carbocycles. The number of benzene rings is 2. The van der Waals surface area contributed by atoms with Crippen molar-refractivity contribution in [2.45, 2.75) is 13.0 Å². The van der Waals surface area contributed by atoms with Crippen LogP contribution in [0.4, 0.5) is 21.9 Å². The van der Waals surface area contributed by atoms with Crippen LogP contribution < -0.4 is 25.4 Å². The largest absolute Gasteiger partial charge is 0.454 e. The molecule has 0 spiro atoms. The van der Waals surface area contributed by atoms with Crippen LogP contribution in [0, 0.1) is 0 Å². The molecule has 0 unspecified atom stereocenters. The molecule has 1 heterocycles. The van der Waals surface area contributed by atoms with E-state index in [1.165, 1.54) is 7.11 Å². The van der Waals surface area contributed by atoms with Crippen LogP contribution in [-0.4, -0.2) is 31.9 Å². The van der Waals surface area contributed by atoms with Crippen molar-refractivity contribution in [2.24, 2.45) is 0 Å². The SMILES string of the molecule is COC(=O)Nc1ccc(N[C@H](C)C(=O)Nc2ccc3c(c2)OCO3)cc1. The summed E-state index contributed by atoms with van der Waals surface area (Å²) in [5, 5.41) is 8.48. The number of carbonyl (C=O) groups is 2. The van der Waals surface area contributed by atoms with Gasteiger partial charge in [0, 0.05) is 23.1 Å². The van der Waals surface area contributed by atoms with E-state index in [1.807, 2.05) is 0 Å². The van der Waals surface area contributed by atoms with Crippen LogP contribution in [0.1, 0.15) is 6.92 Å². The highest BCUT2D eigenvalue weighted by Gasteiger charge is 2.17. The Labute approximate surface area is 150 Å². The number of fused-ring (bicyclic) bond motifs is 1. The lowest BCUT2D eigenvalue weighted by Crippen LogP contribution is -2.31. The summed E-state index contributed by atoms with van der Waals surface area (Å²) in [4.78, 5) is 23.5. The molecular weight excluding hydrogens is 338 g/mol. The molecule has 0 saturated carbocycles. The first-order chi connectivity index (χ1) is 12.5. The maximum Gasteiger partial charge on any atom is 0.411 e.